The Balaban J connectivity index is 1.78. The van der Waals surface area contributed by atoms with E-state index in [1.54, 1.807) is 0 Å². The third-order valence-electron chi connectivity index (χ3n) is 4.13. The Morgan fingerprint density at radius 1 is 0.885 bits per heavy atom. The maximum atomic E-state index is 12.3. The molecular weight excluding hydrogens is 324 g/mol. The van der Waals surface area contributed by atoms with E-state index in [0.717, 1.165) is 17.5 Å². The van der Waals surface area contributed by atoms with Crippen molar-refractivity contribution in [1.29, 1.82) is 0 Å². The SMILES string of the molecule is CC(C)CC(NC(=O)CCNC(=O)Cc1ccccc1)c1ccccc1. The largest absolute Gasteiger partial charge is 0.355 e. The van der Waals surface area contributed by atoms with Crippen LogP contribution in [-0.4, -0.2) is 18.4 Å². The highest BCUT2D eigenvalue weighted by atomic mass is 16.2. The predicted octanol–water partition coefficient (Wildman–Crippen LogP) is 3.64. The molecule has 0 saturated heterocycles. The van der Waals surface area contributed by atoms with E-state index in [-0.39, 0.29) is 24.3 Å². The molecule has 2 amide bonds. The summed E-state index contributed by atoms with van der Waals surface area (Å²) in [7, 11) is 0. The molecule has 1 unspecified atom stereocenters. The second-order valence-corrected chi connectivity index (χ2v) is 6.92. The van der Waals surface area contributed by atoms with E-state index >= 15 is 0 Å². The molecular formula is C22H28N2O2. The van der Waals surface area contributed by atoms with Gasteiger partial charge in [-0.3, -0.25) is 9.59 Å². The lowest BCUT2D eigenvalue weighted by Gasteiger charge is -2.21. The van der Waals surface area contributed by atoms with Crippen LogP contribution < -0.4 is 10.6 Å². The third kappa shape index (κ3) is 7.09. The fourth-order valence-corrected chi connectivity index (χ4v) is 2.86. The van der Waals surface area contributed by atoms with E-state index in [1.807, 2.05) is 60.7 Å². The van der Waals surface area contributed by atoms with Crippen molar-refractivity contribution < 1.29 is 9.59 Å². The van der Waals surface area contributed by atoms with E-state index in [1.165, 1.54) is 0 Å². The van der Waals surface area contributed by atoms with E-state index in [2.05, 4.69) is 24.5 Å². The molecule has 138 valence electrons. The summed E-state index contributed by atoms with van der Waals surface area (Å²) in [6.45, 7) is 4.64. The van der Waals surface area contributed by atoms with Gasteiger partial charge in [0.05, 0.1) is 12.5 Å². The van der Waals surface area contributed by atoms with Crippen molar-refractivity contribution in [2.75, 3.05) is 6.54 Å². The Morgan fingerprint density at radius 3 is 2.12 bits per heavy atom. The van der Waals surface area contributed by atoms with Crippen LogP contribution in [0.25, 0.3) is 0 Å². The van der Waals surface area contributed by atoms with Gasteiger partial charge in [-0.1, -0.05) is 74.5 Å². The van der Waals surface area contributed by atoms with Gasteiger partial charge < -0.3 is 10.6 Å². The third-order valence-corrected chi connectivity index (χ3v) is 4.13. The van der Waals surface area contributed by atoms with Crippen molar-refractivity contribution in [3.8, 4) is 0 Å². The molecule has 0 aliphatic heterocycles. The van der Waals surface area contributed by atoms with Crippen molar-refractivity contribution in [2.45, 2.75) is 39.2 Å². The number of amides is 2. The van der Waals surface area contributed by atoms with Crippen LogP contribution in [-0.2, 0) is 16.0 Å². The summed E-state index contributed by atoms with van der Waals surface area (Å²) in [5.74, 6) is 0.372. The molecule has 26 heavy (non-hydrogen) atoms. The lowest BCUT2D eigenvalue weighted by molar-refractivity contribution is -0.122. The van der Waals surface area contributed by atoms with Crippen molar-refractivity contribution in [3.63, 3.8) is 0 Å². The number of hydrogen-bond acceptors (Lipinski definition) is 2. The minimum absolute atomic E-state index is 0.00344. The van der Waals surface area contributed by atoms with Gasteiger partial charge >= 0.3 is 0 Å². The Hall–Kier alpha value is -2.62. The van der Waals surface area contributed by atoms with Gasteiger partial charge in [0.25, 0.3) is 0 Å². The fourth-order valence-electron chi connectivity index (χ4n) is 2.86. The summed E-state index contributed by atoms with van der Waals surface area (Å²) in [5, 5.41) is 5.91. The van der Waals surface area contributed by atoms with E-state index < -0.39 is 0 Å². The standard InChI is InChI=1S/C22H28N2O2/c1-17(2)15-20(19-11-7-4-8-12-19)24-21(25)13-14-23-22(26)16-18-9-5-3-6-10-18/h3-12,17,20H,13-16H2,1-2H3,(H,23,26)(H,24,25). The molecule has 1 atom stereocenters. The highest BCUT2D eigenvalue weighted by Gasteiger charge is 2.16. The molecule has 2 aromatic rings. The molecule has 0 fully saturated rings. The molecule has 0 aromatic heterocycles. The molecule has 2 aromatic carbocycles. The van der Waals surface area contributed by atoms with Gasteiger partial charge in [-0.2, -0.15) is 0 Å². The van der Waals surface area contributed by atoms with Crippen molar-refractivity contribution in [2.24, 2.45) is 5.92 Å². The lowest BCUT2D eigenvalue weighted by atomic mass is 9.97. The molecule has 2 N–H and O–H groups in total. The minimum Gasteiger partial charge on any atom is -0.355 e. The van der Waals surface area contributed by atoms with Crippen molar-refractivity contribution in [3.05, 3.63) is 71.8 Å². The summed E-state index contributed by atoms with van der Waals surface area (Å²) < 4.78 is 0. The van der Waals surface area contributed by atoms with Crippen LogP contribution in [0, 0.1) is 5.92 Å². The second kappa shape index (κ2) is 10.4. The normalized spacial score (nSPS) is 11.8. The smallest absolute Gasteiger partial charge is 0.224 e. The summed E-state index contributed by atoms with van der Waals surface area (Å²) in [6.07, 6.45) is 1.50. The zero-order valence-corrected chi connectivity index (χ0v) is 15.6. The molecule has 0 heterocycles. The Kier molecular flexibility index (Phi) is 7.87. The molecule has 4 nitrogen and oxygen atoms in total. The first kappa shape index (κ1) is 19.7. The number of nitrogens with one attached hydrogen (secondary N) is 2. The van der Waals surface area contributed by atoms with Crippen LogP contribution in [0.1, 0.15) is 43.9 Å². The van der Waals surface area contributed by atoms with Gasteiger partial charge in [0, 0.05) is 13.0 Å². The maximum Gasteiger partial charge on any atom is 0.224 e. The topological polar surface area (TPSA) is 58.2 Å². The molecule has 0 saturated carbocycles. The molecule has 0 spiro atoms. The van der Waals surface area contributed by atoms with E-state index in [9.17, 15) is 9.59 Å². The first-order chi connectivity index (χ1) is 12.5. The molecule has 0 aliphatic carbocycles. The maximum absolute atomic E-state index is 12.3. The van der Waals surface area contributed by atoms with Gasteiger partial charge in [-0.05, 0) is 23.5 Å². The monoisotopic (exact) mass is 352 g/mol. The number of hydrogen-bond donors (Lipinski definition) is 2. The Labute approximate surface area is 156 Å². The van der Waals surface area contributed by atoms with Crippen molar-refractivity contribution in [1.82, 2.24) is 10.6 Å². The first-order valence-corrected chi connectivity index (χ1v) is 9.19. The molecule has 0 radical (unpaired) electrons. The highest BCUT2D eigenvalue weighted by molar-refractivity contribution is 5.80. The fraction of sp³-hybridized carbons (Fsp3) is 0.364. The average molecular weight is 352 g/mol. The van der Waals surface area contributed by atoms with Crippen LogP contribution >= 0.6 is 0 Å². The second-order valence-electron chi connectivity index (χ2n) is 6.92. The Bertz CT molecular complexity index is 684. The predicted molar refractivity (Wildman–Crippen MR) is 105 cm³/mol. The van der Waals surface area contributed by atoms with Gasteiger partial charge in [0.15, 0.2) is 0 Å². The van der Waals surface area contributed by atoms with Crippen LogP contribution in [0.15, 0.2) is 60.7 Å². The number of benzene rings is 2. The van der Waals surface area contributed by atoms with Crippen LogP contribution in [0.3, 0.4) is 0 Å². The highest BCUT2D eigenvalue weighted by Crippen LogP contribution is 2.21. The van der Waals surface area contributed by atoms with Gasteiger partial charge in [-0.25, -0.2) is 0 Å². The minimum atomic E-state index is -0.0641. The lowest BCUT2D eigenvalue weighted by Crippen LogP contribution is -2.33. The number of carbonyl (C=O) groups excluding carboxylic acids is 2. The van der Waals surface area contributed by atoms with E-state index in [4.69, 9.17) is 0 Å². The number of rotatable bonds is 9. The average Bonchev–Trinajstić information content (AvgIpc) is 2.62. The van der Waals surface area contributed by atoms with Gasteiger partial charge in [-0.15, -0.1) is 0 Å². The molecule has 0 aliphatic rings. The van der Waals surface area contributed by atoms with Gasteiger partial charge in [0.1, 0.15) is 0 Å². The summed E-state index contributed by atoms with van der Waals surface area (Å²) in [5.41, 5.74) is 2.08. The molecule has 2 rings (SSSR count). The summed E-state index contributed by atoms with van der Waals surface area (Å²) in [4.78, 5) is 24.2. The van der Waals surface area contributed by atoms with Crippen LogP contribution in [0.4, 0.5) is 0 Å². The summed E-state index contributed by atoms with van der Waals surface area (Å²) >= 11 is 0. The Morgan fingerprint density at radius 2 is 1.50 bits per heavy atom. The van der Waals surface area contributed by atoms with Gasteiger partial charge in [0.2, 0.25) is 11.8 Å². The number of carbonyl (C=O) groups is 2. The summed E-state index contributed by atoms with van der Waals surface area (Å²) in [6, 6.07) is 19.6. The zero-order valence-electron chi connectivity index (χ0n) is 15.6. The molecule has 4 heteroatoms. The zero-order chi connectivity index (χ0) is 18.8. The van der Waals surface area contributed by atoms with E-state index in [0.29, 0.717) is 18.9 Å². The first-order valence-electron chi connectivity index (χ1n) is 9.19. The van der Waals surface area contributed by atoms with Crippen molar-refractivity contribution >= 4 is 11.8 Å². The van der Waals surface area contributed by atoms with Crippen LogP contribution in [0.2, 0.25) is 0 Å². The quantitative estimate of drug-likeness (QED) is 0.724. The van der Waals surface area contributed by atoms with Crippen LogP contribution in [0.5, 0.6) is 0 Å². The molecule has 0 bridgehead atoms.